The van der Waals surface area contributed by atoms with Gasteiger partial charge >= 0.3 is 0 Å². The zero-order valence-electron chi connectivity index (χ0n) is 9.18. The molecule has 3 N–H and O–H groups in total. The molecule has 0 saturated heterocycles. The molecular weight excluding hydrogens is 218 g/mol. The van der Waals surface area contributed by atoms with Gasteiger partial charge in [-0.3, -0.25) is 4.79 Å². The quantitative estimate of drug-likeness (QED) is 0.638. The molecule has 4 nitrogen and oxygen atoms in total. The highest BCUT2D eigenvalue weighted by atomic mass is 19.3. The number of carbonyl (C=O) groups is 1. The van der Waals surface area contributed by atoms with Crippen LogP contribution in [-0.4, -0.2) is 37.6 Å². The largest absolute Gasteiger partial charge is 0.374 e. The van der Waals surface area contributed by atoms with E-state index < -0.39 is 13.0 Å². The molecule has 0 bridgehead atoms. The van der Waals surface area contributed by atoms with E-state index >= 15 is 0 Å². The molecule has 6 heteroatoms. The number of halogens is 2. The molecule has 0 aromatic rings. The van der Waals surface area contributed by atoms with E-state index in [2.05, 4.69) is 10.1 Å². The number of amides is 1. The Morgan fingerprint density at radius 3 is 2.69 bits per heavy atom. The van der Waals surface area contributed by atoms with Crippen molar-refractivity contribution in [2.24, 2.45) is 5.73 Å². The van der Waals surface area contributed by atoms with Crippen molar-refractivity contribution in [2.75, 3.05) is 19.8 Å². The Morgan fingerprint density at radius 1 is 1.50 bits per heavy atom. The van der Waals surface area contributed by atoms with E-state index in [4.69, 9.17) is 5.73 Å². The van der Waals surface area contributed by atoms with Crippen LogP contribution in [-0.2, 0) is 9.53 Å². The lowest BCUT2D eigenvalue weighted by molar-refractivity contribution is -0.123. The molecule has 94 valence electrons. The highest BCUT2D eigenvalue weighted by Crippen LogP contribution is 2.31. The van der Waals surface area contributed by atoms with E-state index in [1.807, 2.05) is 0 Å². The fourth-order valence-electron chi connectivity index (χ4n) is 1.62. The van der Waals surface area contributed by atoms with Gasteiger partial charge in [0.2, 0.25) is 5.91 Å². The molecule has 0 aliphatic heterocycles. The lowest BCUT2D eigenvalue weighted by Crippen LogP contribution is -2.50. The van der Waals surface area contributed by atoms with E-state index in [0.717, 1.165) is 19.3 Å². The summed E-state index contributed by atoms with van der Waals surface area (Å²) in [4.78, 5) is 11.4. The summed E-state index contributed by atoms with van der Waals surface area (Å²) >= 11 is 0. The van der Waals surface area contributed by atoms with Crippen molar-refractivity contribution in [3.63, 3.8) is 0 Å². The molecule has 0 unspecified atom stereocenters. The number of hydrogen-bond donors (Lipinski definition) is 2. The molecule has 1 saturated carbocycles. The lowest BCUT2D eigenvalue weighted by Gasteiger charge is -2.37. The maximum Gasteiger partial charge on any atom is 0.261 e. The second-order valence-electron chi connectivity index (χ2n) is 4.21. The molecule has 0 aromatic carbocycles. The zero-order chi connectivity index (χ0) is 12.0. The molecule has 1 aliphatic carbocycles. The number of ether oxygens (including phenoxy) is 1. The number of carbonyl (C=O) groups excluding carboxylic acids is 1. The van der Waals surface area contributed by atoms with Gasteiger partial charge in [-0.05, 0) is 19.3 Å². The van der Waals surface area contributed by atoms with Crippen LogP contribution in [0.25, 0.3) is 0 Å². The van der Waals surface area contributed by atoms with Crippen LogP contribution in [0.1, 0.15) is 25.7 Å². The summed E-state index contributed by atoms with van der Waals surface area (Å²) in [6, 6.07) is 0. The average Bonchev–Trinajstić information content (AvgIpc) is 2.14. The fraction of sp³-hybridized carbons (Fsp3) is 0.900. The van der Waals surface area contributed by atoms with Crippen LogP contribution < -0.4 is 11.1 Å². The van der Waals surface area contributed by atoms with E-state index in [1.165, 1.54) is 0 Å². The Bertz CT molecular complexity index is 233. The van der Waals surface area contributed by atoms with Crippen LogP contribution in [0.3, 0.4) is 0 Å². The summed E-state index contributed by atoms with van der Waals surface area (Å²) in [5.41, 5.74) is 5.54. The molecular formula is C10H18F2N2O2. The van der Waals surface area contributed by atoms with Crippen LogP contribution in [0.5, 0.6) is 0 Å². The SMILES string of the molecule is NC1(CC(=O)NCCOCC(F)F)CCC1. The first-order valence-electron chi connectivity index (χ1n) is 5.43. The van der Waals surface area contributed by atoms with Gasteiger partial charge in [0.1, 0.15) is 6.61 Å². The maximum atomic E-state index is 11.7. The Labute approximate surface area is 93.5 Å². The summed E-state index contributed by atoms with van der Waals surface area (Å²) in [5.74, 6) is -0.136. The molecule has 0 radical (unpaired) electrons. The molecule has 16 heavy (non-hydrogen) atoms. The van der Waals surface area contributed by atoms with Crippen LogP contribution in [0, 0.1) is 0 Å². The van der Waals surface area contributed by atoms with Gasteiger partial charge < -0.3 is 15.8 Å². The van der Waals surface area contributed by atoms with Crippen molar-refractivity contribution in [1.82, 2.24) is 5.32 Å². The minimum Gasteiger partial charge on any atom is -0.374 e. The van der Waals surface area contributed by atoms with Crippen molar-refractivity contribution < 1.29 is 18.3 Å². The Kier molecular flexibility index (Phi) is 5.08. The lowest BCUT2D eigenvalue weighted by atomic mass is 9.75. The first-order chi connectivity index (χ1) is 7.52. The number of nitrogens with one attached hydrogen (secondary N) is 1. The molecule has 0 heterocycles. The van der Waals surface area contributed by atoms with E-state index in [0.29, 0.717) is 6.42 Å². The van der Waals surface area contributed by atoms with Gasteiger partial charge in [0, 0.05) is 18.5 Å². The van der Waals surface area contributed by atoms with Gasteiger partial charge in [0.15, 0.2) is 0 Å². The number of alkyl halides is 2. The third kappa shape index (κ3) is 4.85. The highest BCUT2D eigenvalue weighted by Gasteiger charge is 2.34. The predicted octanol–water partition coefficient (Wildman–Crippen LogP) is 0.656. The van der Waals surface area contributed by atoms with Gasteiger partial charge in [-0.25, -0.2) is 8.78 Å². The molecule has 1 aliphatic rings. The van der Waals surface area contributed by atoms with Crippen molar-refractivity contribution >= 4 is 5.91 Å². The van der Waals surface area contributed by atoms with Gasteiger partial charge in [0.05, 0.1) is 6.61 Å². The maximum absolute atomic E-state index is 11.7. The summed E-state index contributed by atoms with van der Waals surface area (Å²) in [6.45, 7) is -0.230. The third-order valence-electron chi connectivity index (χ3n) is 2.67. The molecule has 1 amide bonds. The van der Waals surface area contributed by atoms with E-state index in [9.17, 15) is 13.6 Å². The van der Waals surface area contributed by atoms with Gasteiger partial charge in [-0.15, -0.1) is 0 Å². The van der Waals surface area contributed by atoms with E-state index in [1.54, 1.807) is 0 Å². The molecule has 1 rings (SSSR count). The van der Waals surface area contributed by atoms with Crippen molar-refractivity contribution in [2.45, 2.75) is 37.6 Å². The second-order valence-corrected chi connectivity index (χ2v) is 4.21. The minimum absolute atomic E-state index is 0.105. The van der Waals surface area contributed by atoms with Crippen molar-refractivity contribution in [1.29, 1.82) is 0 Å². The van der Waals surface area contributed by atoms with Gasteiger partial charge in [0.25, 0.3) is 6.43 Å². The first-order valence-corrected chi connectivity index (χ1v) is 5.43. The zero-order valence-corrected chi connectivity index (χ0v) is 9.18. The Balaban J connectivity index is 1.98. The molecule has 0 aromatic heterocycles. The van der Waals surface area contributed by atoms with E-state index in [-0.39, 0.29) is 24.6 Å². The number of hydrogen-bond acceptors (Lipinski definition) is 3. The summed E-state index contributed by atoms with van der Waals surface area (Å²) in [7, 11) is 0. The third-order valence-corrected chi connectivity index (χ3v) is 2.67. The number of nitrogens with two attached hydrogens (primary N) is 1. The predicted molar refractivity (Wildman–Crippen MR) is 55.2 cm³/mol. The van der Waals surface area contributed by atoms with Crippen LogP contribution in [0.2, 0.25) is 0 Å². The molecule has 1 fully saturated rings. The Morgan fingerprint density at radius 2 is 2.19 bits per heavy atom. The van der Waals surface area contributed by atoms with Gasteiger partial charge in [-0.2, -0.15) is 0 Å². The van der Waals surface area contributed by atoms with Crippen molar-refractivity contribution in [3.05, 3.63) is 0 Å². The minimum atomic E-state index is -2.46. The number of rotatable bonds is 7. The fourth-order valence-corrected chi connectivity index (χ4v) is 1.62. The summed E-state index contributed by atoms with van der Waals surface area (Å²) in [6.07, 6.45) is 0.672. The van der Waals surface area contributed by atoms with Crippen LogP contribution in [0.4, 0.5) is 8.78 Å². The second kappa shape index (κ2) is 6.10. The normalized spacial score (nSPS) is 18.2. The van der Waals surface area contributed by atoms with Crippen LogP contribution in [0.15, 0.2) is 0 Å². The summed E-state index contributed by atoms with van der Waals surface area (Å²) < 4.78 is 28.0. The van der Waals surface area contributed by atoms with Crippen LogP contribution >= 0.6 is 0 Å². The standard InChI is InChI=1S/C10H18F2N2O2/c11-8(12)7-16-5-4-14-9(15)6-10(13)2-1-3-10/h8H,1-7,13H2,(H,14,15). The monoisotopic (exact) mass is 236 g/mol. The molecule has 0 spiro atoms. The highest BCUT2D eigenvalue weighted by molar-refractivity contribution is 5.77. The smallest absolute Gasteiger partial charge is 0.261 e. The Hall–Kier alpha value is -0.750. The van der Waals surface area contributed by atoms with Crippen molar-refractivity contribution in [3.8, 4) is 0 Å². The summed E-state index contributed by atoms with van der Waals surface area (Å²) in [5, 5.41) is 2.59. The first kappa shape index (κ1) is 13.3. The topological polar surface area (TPSA) is 64.4 Å². The molecule has 0 atom stereocenters. The van der Waals surface area contributed by atoms with Gasteiger partial charge in [-0.1, -0.05) is 0 Å². The average molecular weight is 236 g/mol.